The number of carbonyl (C=O) groups excluding carboxylic acids is 1. The molecule has 0 unspecified atom stereocenters. The first-order valence-electron chi connectivity index (χ1n) is 12.5. The highest BCUT2D eigenvalue weighted by molar-refractivity contribution is 7.99. The Balaban J connectivity index is 1.24. The third-order valence-electron chi connectivity index (χ3n) is 6.02. The molecule has 8 heteroatoms. The molecule has 0 aliphatic carbocycles. The van der Waals surface area contributed by atoms with E-state index < -0.39 is 0 Å². The maximum atomic E-state index is 12.4. The molecule has 1 aromatic heterocycles. The molecular formula is C27H35N5O2S. The zero-order chi connectivity index (χ0) is 24.1. The van der Waals surface area contributed by atoms with Gasteiger partial charge in [0.1, 0.15) is 5.82 Å². The van der Waals surface area contributed by atoms with E-state index in [9.17, 15) is 4.79 Å². The van der Waals surface area contributed by atoms with Gasteiger partial charge >= 0.3 is 0 Å². The van der Waals surface area contributed by atoms with E-state index >= 15 is 0 Å². The molecule has 1 aliphatic heterocycles. The number of thioether (sulfide) groups is 1. The van der Waals surface area contributed by atoms with Crippen LogP contribution < -0.4 is 5.32 Å². The lowest BCUT2D eigenvalue weighted by atomic mass is 10.1. The Labute approximate surface area is 212 Å². The summed E-state index contributed by atoms with van der Waals surface area (Å²) in [6.45, 7) is 5.55. The Morgan fingerprint density at radius 2 is 1.63 bits per heavy atom. The van der Waals surface area contributed by atoms with Crippen LogP contribution in [0.15, 0.2) is 65.8 Å². The number of aromatic nitrogens is 3. The van der Waals surface area contributed by atoms with E-state index in [1.165, 1.54) is 36.6 Å². The van der Waals surface area contributed by atoms with Gasteiger partial charge in [-0.05, 0) is 43.5 Å². The third-order valence-corrected chi connectivity index (χ3v) is 6.99. The Bertz CT molecular complexity index is 1020. The molecule has 1 aliphatic rings. The summed E-state index contributed by atoms with van der Waals surface area (Å²) in [5.74, 6) is 1.29. The van der Waals surface area contributed by atoms with E-state index in [0.29, 0.717) is 32.1 Å². The first-order chi connectivity index (χ1) is 17.3. The smallest absolute Gasteiger partial charge is 0.230 e. The second kappa shape index (κ2) is 14.0. The van der Waals surface area contributed by atoms with Gasteiger partial charge < -0.3 is 14.6 Å². The summed E-state index contributed by atoms with van der Waals surface area (Å²) in [4.78, 5) is 14.9. The van der Waals surface area contributed by atoms with Crippen LogP contribution in [-0.2, 0) is 29.2 Å². The van der Waals surface area contributed by atoms with E-state index in [2.05, 4.69) is 37.1 Å². The van der Waals surface area contributed by atoms with Gasteiger partial charge in [0.2, 0.25) is 5.91 Å². The Morgan fingerprint density at radius 3 is 2.37 bits per heavy atom. The number of ether oxygens (including phenoxy) is 1. The summed E-state index contributed by atoms with van der Waals surface area (Å²) in [6.07, 6.45) is 4.58. The van der Waals surface area contributed by atoms with Gasteiger partial charge in [-0.1, -0.05) is 78.8 Å². The molecule has 1 N–H and O–H groups in total. The van der Waals surface area contributed by atoms with Gasteiger partial charge in [-0.2, -0.15) is 0 Å². The van der Waals surface area contributed by atoms with Crippen LogP contribution in [0.2, 0.25) is 0 Å². The van der Waals surface area contributed by atoms with Crippen molar-refractivity contribution in [1.82, 2.24) is 25.0 Å². The minimum atomic E-state index is 0.00454. The third kappa shape index (κ3) is 8.49. The van der Waals surface area contributed by atoms with Crippen LogP contribution in [0.4, 0.5) is 0 Å². The molecule has 35 heavy (non-hydrogen) atoms. The average molecular weight is 494 g/mol. The molecule has 186 valence electrons. The number of rotatable bonds is 13. The highest BCUT2D eigenvalue weighted by atomic mass is 32.2. The number of benzene rings is 2. The van der Waals surface area contributed by atoms with Gasteiger partial charge in [-0.3, -0.25) is 9.69 Å². The summed E-state index contributed by atoms with van der Waals surface area (Å²) in [6, 6.07) is 20.5. The fourth-order valence-corrected chi connectivity index (χ4v) is 4.92. The summed E-state index contributed by atoms with van der Waals surface area (Å²) < 4.78 is 7.85. The van der Waals surface area contributed by atoms with Crippen molar-refractivity contribution in [1.29, 1.82) is 0 Å². The van der Waals surface area contributed by atoms with E-state index in [4.69, 9.17) is 4.74 Å². The van der Waals surface area contributed by atoms with Crippen molar-refractivity contribution in [3.05, 3.63) is 77.6 Å². The molecule has 4 rings (SSSR count). The Hall–Kier alpha value is -2.68. The molecule has 2 heterocycles. The van der Waals surface area contributed by atoms with E-state index in [1.54, 1.807) is 0 Å². The second-order valence-electron chi connectivity index (χ2n) is 8.84. The lowest BCUT2D eigenvalue weighted by Gasteiger charge is -2.26. The standard InChI is InChI=1S/C27H35N5O2S/c33-26(28-15-10-18-34-21-24-13-6-2-7-14-24)22-35-27-30-29-25(20-31-16-8-3-9-17-31)32(27)19-23-11-4-1-5-12-23/h1-2,4-7,11-14H,3,8-10,15-22H2,(H,28,33). The zero-order valence-corrected chi connectivity index (χ0v) is 21.1. The first kappa shape index (κ1) is 25.4. The summed E-state index contributed by atoms with van der Waals surface area (Å²) >= 11 is 1.45. The number of amides is 1. The van der Waals surface area contributed by atoms with Gasteiger partial charge in [0.15, 0.2) is 5.16 Å². The SMILES string of the molecule is O=C(CSc1nnc(CN2CCCCC2)n1Cc1ccccc1)NCCCOCc1ccccc1. The molecule has 3 aromatic rings. The van der Waals surface area contributed by atoms with Crippen LogP contribution in [0.1, 0.15) is 42.6 Å². The predicted octanol–water partition coefficient (Wildman–Crippen LogP) is 4.13. The molecule has 0 spiro atoms. The fourth-order valence-electron chi connectivity index (χ4n) is 4.13. The van der Waals surface area contributed by atoms with Gasteiger partial charge in [-0.25, -0.2) is 0 Å². The van der Waals surface area contributed by atoms with Gasteiger partial charge in [0.05, 0.1) is 25.4 Å². The van der Waals surface area contributed by atoms with Crippen molar-refractivity contribution < 1.29 is 9.53 Å². The maximum absolute atomic E-state index is 12.4. The summed E-state index contributed by atoms with van der Waals surface area (Å²) in [7, 11) is 0. The predicted molar refractivity (Wildman–Crippen MR) is 139 cm³/mol. The van der Waals surface area contributed by atoms with Gasteiger partial charge in [0, 0.05) is 13.2 Å². The van der Waals surface area contributed by atoms with Crippen molar-refractivity contribution >= 4 is 17.7 Å². The number of carbonyl (C=O) groups is 1. The van der Waals surface area contributed by atoms with Crippen LogP contribution in [0.5, 0.6) is 0 Å². The zero-order valence-electron chi connectivity index (χ0n) is 20.3. The van der Waals surface area contributed by atoms with E-state index in [-0.39, 0.29) is 5.91 Å². The quantitative estimate of drug-likeness (QED) is 0.285. The van der Waals surface area contributed by atoms with E-state index in [1.807, 2.05) is 48.5 Å². The number of nitrogens with zero attached hydrogens (tertiary/aromatic N) is 4. The van der Waals surface area contributed by atoms with Crippen molar-refractivity contribution in [2.75, 3.05) is 32.0 Å². The molecule has 0 bridgehead atoms. The monoisotopic (exact) mass is 493 g/mol. The minimum absolute atomic E-state index is 0.00454. The molecule has 1 saturated heterocycles. The lowest BCUT2D eigenvalue weighted by molar-refractivity contribution is -0.118. The molecule has 0 radical (unpaired) electrons. The summed E-state index contributed by atoms with van der Waals surface area (Å²) in [5.41, 5.74) is 2.36. The number of piperidine rings is 1. The molecule has 1 amide bonds. The normalized spacial score (nSPS) is 14.2. The highest BCUT2D eigenvalue weighted by Gasteiger charge is 2.18. The molecule has 7 nitrogen and oxygen atoms in total. The number of likely N-dealkylation sites (tertiary alicyclic amines) is 1. The molecule has 2 aromatic carbocycles. The number of hydrogen-bond acceptors (Lipinski definition) is 6. The van der Waals surface area contributed by atoms with Crippen LogP contribution in [0.25, 0.3) is 0 Å². The van der Waals surface area contributed by atoms with Gasteiger partial charge in [-0.15, -0.1) is 10.2 Å². The lowest BCUT2D eigenvalue weighted by Crippen LogP contribution is -2.30. The Morgan fingerprint density at radius 1 is 0.914 bits per heavy atom. The Kier molecular flexibility index (Phi) is 10.2. The average Bonchev–Trinajstić information content (AvgIpc) is 3.27. The molecule has 1 fully saturated rings. The second-order valence-corrected chi connectivity index (χ2v) is 9.78. The number of nitrogens with one attached hydrogen (secondary N) is 1. The van der Waals surface area contributed by atoms with Crippen molar-refractivity contribution in [3.8, 4) is 0 Å². The largest absolute Gasteiger partial charge is 0.377 e. The van der Waals surface area contributed by atoms with Crippen LogP contribution >= 0.6 is 11.8 Å². The first-order valence-corrected chi connectivity index (χ1v) is 13.5. The number of hydrogen-bond donors (Lipinski definition) is 1. The molecule has 0 atom stereocenters. The highest BCUT2D eigenvalue weighted by Crippen LogP contribution is 2.21. The molecular weight excluding hydrogens is 458 g/mol. The van der Waals surface area contributed by atoms with Gasteiger partial charge in [0.25, 0.3) is 0 Å². The maximum Gasteiger partial charge on any atom is 0.230 e. The van der Waals surface area contributed by atoms with Crippen LogP contribution in [0, 0.1) is 0 Å². The van der Waals surface area contributed by atoms with Crippen molar-refractivity contribution in [2.24, 2.45) is 0 Å². The fraction of sp³-hybridized carbons (Fsp3) is 0.444. The van der Waals surface area contributed by atoms with Crippen molar-refractivity contribution in [3.63, 3.8) is 0 Å². The molecule has 0 saturated carbocycles. The van der Waals surface area contributed by atoms with Crippen LogP contribution in [-0.4, -0.2) is 57.6 Å². The van der Waals surface area contributed by atoms with E-state index in [0.717, 1.165) is 42.6 Å². The van der Waals surface area contributed by atoms with Crippen LogP contribution in [0.3, 0.4) is 0 Å². The minimum Gasteiger partial charge on any atom is -0.377 e. The van der Waals surface area contributed by atoms with Crippen molar-refractivity contribution in [2.45, 2.75) is 50.5 Å². The summed E-state index contributed by atoms with van der Waals surface area (Å²) in [5, 5.41) is 12.7. The topological polar surface area (TPSA) is 72.3 Å².